The fourth-order valence-electron chi connectivity index (χ4n) is 2.39. The minimum absolute atomic E-state index is 0.420. The lowest BCUT2D eigenvalue weighted by Gasteiger charge is -2.19. The highest BCUT2D eigenvalue weighted by Crippen LogP contribution is 2.45. The zero-order chi connectivity index (χ0) is 19.6. The van der Waals surface area contributed by atoms with Gasteiger partial charge in [-0.15, -0.1) is 0 Å². The topological polar surface area (TPSA) is 193 Å². The summed E-state index contributed by atoms with van der Waals surface area (Å²) in [5.41, 5.74) is -9.05. The molecule has 0 spiro atoms. The van der Waals surface area contributed by atoms with Gasteiger partial charge < -0.3 is 5.11 Å². The van der Waals surface area contributed by atoms with Crippen molar-refractivity contribution in [1.29, 1.82) is 0 Å². The zero-order valence-electron chi connectivity index (χ0n) is 12.5. The van der Waals surface area contributed by atoms with E-state index in [1.54, 1.807) is 0 Å². The molecule has 26 heavy (non-hydrogen) atoms. The van der Waals surface area contributed by atoms with Crippen LogP contribution in [0.25, 0.3) is 0 Å². The molecule has 0 bridgehead atoms. The molecule has 0 aliphatic rings. The third-order valence-electron chi connectivity index (χ3n) is 3.51. The molecule has 0 aromatic heterocycles. The molecule has 0 aliphatic carbocycles. The second kappa shape index (κ2) is 6.48. The van der Waals surface area contributed by atoms with Gasteiger partial charge in [-0.25, -0.2) is 0 Å². The standard InChI is InChI=1S/C13H8N4O9/c18-13(17(25)26,8-4-2-1-3-5-8)9-6-7-10(14(19)20)12(16(23)24)11(9)15(21)22/h1-7,18H. The predicted octanol–water partition coefficient (Wildman–Crippen LogP) is 1.88. The van der Waals surface area contributed by atoms with Gasteiger partial charge in [-0.3, -0.25) is 40.5 Å². The third-order valence-corrected chi connectivity index (χ3v) is 3.51. The number of hydrogen-bond acceptors (Lipinski definition) is 9. The summed E-state index contributed by atoms with van der Waals surface area (Å²) in [5, 5.41) is 55.6. The first kappa shape index (κ1) is 18.3. The first-order chi connectivity index (χ1) is 12.1. The van der Waals surface area contributed by atoms with Crippen LogP contribution in [0.1, 0.15) is 11.1 Å². The van der Waals surface area contributed by atoms with Crippen LogP contribution in [0.5, 0.6) is 0 Å². The maximum Gasteiger partial charge on any atom is 0.423 e. The van der Waals surface area contributed by atoms with Gasteiger partial charge in [-0.2, -0.15) is 0 Å². The van der Waals surface area contributed by atoms with Gasteiger partial charge in [0, 0.05) is 6.07 Å². The molecule has 2 aromatic carbocycles. The Kier molecular flexibility index (Phi) is 4.57. The van der Waals surface area contributed by atoms with Crippen molar-refractivity contribution < 1.29 is 24.8 Å². The summed E-state index contributed by atoms with van der Waals surface area (Å²) >= 11 is 0. The van der Waals surface area contributed by atoms with Gasteiger partial charge in [-0.1, -0.05) is 18.2 Å². The lowest BCUT2D eigenvalue weighted by molar-refractivity contribution is -0.622. The van der Waals surface area contributed by atoms with E-state index in [1.807, 2.05) is 0 Å². The van der Waals surface area contributed by atoms with Gasteiger partial charge in [0.05, 0.1) is 25.3 Å². The van der Waals surface area contributed by atoms with E-state index in [4.69, 9.17) is 0 Å². The van der Waals surface area contributed by atoms with Crippen molar-refractivity contribution in [3.05, 3.63) is 94.0 Å². The monoisotopic (exact) mass is 364 g/mol. The maximum atomic E-state index is 11.5. The molecular formula is C13H8N4O9. The first-order valence-electron chi connectivity index (χ1n) is 6.65. The summed E-state index contributed by atoms with van der Waals surface area (Å²) in [4.78, 5) is 39.7. The van der Waals surface area contributed by atoms with Gasteiger partial charge in [-0.05, 0) is 18.2 Å². The van der Waals surface area contributed by atoms with Crippen LogP contribution in [0.3, 0.4) is 0 Å². The summed E-state index contributed by atoms with van der Waals surface area (Å²) in [6.45, 7) is 0. The molecule has 0 saturated carbocycles. The largest absolute Gasteiger partial charge is 0.423 e. The van der Waals surface area contributed by atoms with Crippen molar-refractivity contribution in [2.75, 3.05) is 0 Å². The third kappa shape index (κ3) is 2.78. The van der Waals surface area contributed by atoms with Crippen LogP contribution >= 0.6 is 0 Å². The first-order valence-corrected chi connectivity index (χ1v) is 6.65. The minimum Gasteiger partial charge on any atom is -0.323 e. The van der Waals surface area contributed by atoms with Crippen LogP contribution in [-0.4, -0.2) is 24.8 Å². The summed E-state index contributed by atoms with van der Waals surface area (Å²) < 4.78 is 0. The van der Waals surface area contributed by atoms with Gasteiger partial charge in [0.1, 0.15) is 5.56 Å². The Hall–Kier alpha value is -4.00. The van der Waals surface area contributed by atoms with Gasteiger partial charge >= 0.3 is 22.8 Å². The summed E-state index contributed by atoms with van der Waals surface area (Å²) in [6, 6.07) is 7.28. The fraction of sp³-hybridized carbons (Fsp3) is 0.0769. The summed E-state index contributed by atoms with van der Waals surface area (Å²) in [7, 11) is 0. The highest BCUT2D eigenvalue weighted by molar-refractivity contribution is 5.70. The van der Waals surface area contributed by atoms with E-state index < -0.39 is 53.6 Å². The molecule has 134 valence electrons. The van der Waals surface area contributed by atoms with Crippen LogP contribution in [0.15, 0.2) is 42.5 Å². The van der Waals surface area contributed by atoms with Gasteiger partial charge in [0.2, 0.25) is 0 Å². The molecule has 2 aromatic rings. The number of rotatable bonds is 6. The van der Waals surface area contributed by atoms with Gasteiger partial charge in [0.25, 0.3) is 0 Å². The highest BCUT2D eigenvalue weighted by atomic mass is 16.7. The molecule has 0 fully saturated rings. The maximum absolute atomic E-state index is 11.5. The van der Waals surface area contributed by atoms with Gasteiger partial charge in [0.15, 0.2) is 0 Å². The number of nitrogens with zero attached hydrogens (tertiary/aromatic N) is 4. The van der Waals surface area contributed by atoms with Crippen LogP contribution in [0.2, 0.25) is 0 Å². The average Bonchev–Trinajstić information content (AvgIpc) is 2.59. The molecule has 1 unspecified atom stereocenters. The fourth-order valence-corrected chi connectivity index (χ4v) is 2.39. The van der Waals surface area contributed by atoms with E-state index in [2.05, 4.69) is 0 Å². The molecular weight excluding hydrogens is 356 g/mol. The van der Waals surface area contributed by atoms with Crippen molar-refractivity contribution in [2.24, 2.45) is 0 Å². The van der Waals surface area contributed by atoms with Crippen LogP contribution in [0, 0.1) is 40.5 Å². The van der Waals surface area contributed by atoms with Crippen molar-refractivity contribution in [3.63, 3.8) is 0 Å². The molecule has 0 aliphatic heterocycles. The smallest absolute Gasteiger partial charge is 0.323 e. The number of nitro benzene ring substituents is 3. The lowest BCUT2D eigenvalue weighted by atomic mass is 9.92. The van der Waals surface area contributed by atoms with E-state index >= 15 is 0 Å². The molecule has 1 N–H and O–H groups in total. The molecule has 1 atom stereocenters. The van der Waals surface area contributed by atoms with Crippen LogP contribution in [0.4, 0.5) is 17.1 Å². The second-order valence-electron chi connectivity index (χ2n) is 4.90. The van der Waals surface area contributed by atoms with E-state index in [0.717, 1.165) is 12.1 Å². The summed E-state index contributed by atoms with van der Waals surface area (Å²) in [6.07, 6.45) is 0. The molecule has 0 radical (unpaired) electrons. The zero-order valence-corrected chi connectivity index (χ0v) is 12.5. The Bertz CT molecular complexity index is 931. The molecule has 0 heterocycles. The number of nitro groups is 4. The van der Waals surface area contributed by atoms with E-state index in [9.17, 15) is 45.6 Å². The number of aliphatic hydroxyl groups is 1. The predicted molar refractivity (Wildman–Crippen MR) is 82.8 cm³/mol. The Morgan fingerprint density at radius 1 is 0.731 bits per heavy atom. The molecule has 13 heteroatoms. The van der Waals surface area contributed by atoms with E-state index in [-0.39, 0.29) is 0 Å². The lowest BCUT2D eigenvalue weighted by Crippen LogP contribution is -2.37. The minimum atomic E-state index is -3.23. The summed E-state index contributed by atoms with van der Waals surface area (Å²) in [5.74, 6) is 0. The molecule has 2 rings (SSSR count). The SMILES string of the molecule is O=[N+]([O-])c1ccc(C(O)(c2ccccc2)[N+](=O)[O-])c([N+](=O)[O-])c1[N+](=O)[O-]. The van der Waals surface area contributed by atoms with Crippen molar-refractivity contribution in [3.8, 4) is 0 Å². The number of hydrogen-bond donors (Lipinski definition) is 1. The van der Waals surface area contributed by atoms with Crippen molar-refractivity contribution in [1.82, 2.24) is 0 Å². The van der Waals surface area contributed by atoms with E-state index in [0.29, 0.717) is 12.1 Å². The molecule has 13 nitrogen and oxygen atoms in total. The Labute approximate surface area is 142 Å². The Balaban J connectivity index is 2.98. The highest BCUT2D eigenvalue weighted by Gasteiger charge is 2.54. The van der Waals surface area contributed by atoms with E-state index in [1.165, 1.54) is 18.2 Å². The van der Waals surface area contributed by atoms with Crippen LogP contribution < -0.4 is 0 Å². The molecule has 0 saturated heterocycles. The Morgan fingerprint density at radius 3 is 1.69 bits per heavy atom. The Morgan fingerprint density at radius 2 is 1.27 bits per heavy atom. The van der Waals surface area contributed by atoms with Crippen molar-refractivity contribution >= 4 is 17.1 Å². The number of benzene rings is 2. The molecule has 0 amide bonds. The quantitative estimate of drug-likeness (QED) is 0.452. The van der Waals surface area contributed by atoms with Crippen LogP contribution in [-0.2, 0) is 5.72 Å². The average molecular weight is 364 g/mol. The second-order valence-corrected chi connectivity index (χ2v) is 4.90. The van der Waals surface area contributed by atoms with Crippen molar-refractivity contribution in [2.45, 2.75) is 5.72 Å². The normalized spacial score (nSPS) is 12.8.